The molecule has 0 bridgehead atoms. The van der Waals surface area contributed by atoms with Crippen molar-refractivity contribution in [2.45, 2.75) is 13.1 Å². The third-order valence-electron chi connectivity index (χ3n) is 3.07. The van der Waals surface area contributed by atoms with Crippen molar-refractivity contribution >= 4 is 5.78 Å². The highest BCUT2D eigenvalue weighted by atomic mass is 16.1. The lowest BCUT2D eigenvalue weighted by molar-refractivity contribution is 0.103. The SMILES string of the molecule is [N-]=[N+]=NCc1ccc(C(=O)c2ccc(CN=[N+]=[N-])cc2)cc1. The molecule has 0 spiro atoms. The average Bonchev–Trinajstić information content (AvgIpc) is 2.58. The number of nitrogens with zero attached hydrogens (tertiary/aromatic N) is 6. The number of rotatable bonds is 6. The fourth-order valence-electron chi connectivity index (χ4n) is 1.92. The predicted molar refractivity (Wildman–Crippen MR) is 82.0 cm³/mol. The molecular formula is C15H12N6O. The third kappa shape index (κ3) is 3.86. The zero-order valence-corrected chi connectivity index (χ0v) is 11.6. The van der Waals surface area contributed by atoms with Crippen LogP contribution in [0, 0.1) is 0 Å². The van der Waals surface area contributed by atoms with E-state index >= 15 is 0 Å². The quantitative estimate of drug-likeness (QED) is 0.330. The molecule has 0 aromatic heterocycles. The summed E-state index contributed by atoms with van der Waals surface area (Å²) < 4.78 is 0. The summed E-state index contributed by atoms with van der Waals surface area (Å²) in [6.07, 6.45) is 0. The van der Waals surface area contributed by atoms with Gasteiger partial charge in [0.15, 0.2) is 5.78 Å². The van der Waals surface area contributed by atoms with E-state index in [0.717, 1.165) is 11.1 Å². The van der Waals surface area contributed by atoms with Gasteiger partial charge >= 0.3 is 0 Å². The number of carbonyl (C=O) groups is 1. The Morgan fingerprint density at radius 3 is 1.45 bits per heavy atom. The van der Waals surface area contributed by atoms with Crippen LogP contribution in [0.1, 0.15) is 27.0 Å². The highest BCUT2D eigenvalue weighted by Crippen LogP contribution is 2.13. The van der Waals surface area contributed by atoms with Crippen LogP contribution in [-0.2, 0) is 13.1 Å². The van der Waals surface area contributed by atoms with Crippen LogP contribution in [0.3, 0.4) is 0 Å². The second-order valence-corrected chi connectivity index (χ2v) is 4.50. The summed E-state index contributed by atoms with van der Waals surface area (Å²) in [4.78, 5) is 17.7. The molecule has 2 aromatic carbocycles. The molecule has 0 fully saturated rings. The summed E-state index contributed by atoms with van der Waals surface area (Å²) in [7, 11) is 0. The van der Waals surface area contributed by atoms with Crippen LogP contribution in [0.4, 0.5) is 0 Å². The van der Waals surface area contributed by atoms with E-state index < -0.39 is 0 Å². The fourth-order valence-corrected chi connectivity index (χ4v) is 1.92. The summed E-state index contributed by atoms with van der Waals surface area (Å²) in [6, 6.07) is 13.9. The van der Waals surface area contributed by atoms with Crippen LogP contribution in [0.15, 0.2) is 58.8 Å². The lowest BCUT2D eigenvalue weighted by atomic mass is 10.0. The van der Waals surface area contributed by atoms with Gasteiger partial charge in [0.1, 0.15) is 0 Å². The second-order valence-electron chi connectivity index (χ2n) is 4.50. The van der Waals surface area contributed by atoms with Gasteiger partial charge in [0.2, 0.25) is 0 Å². The lowest BCUT2D eigenvalue weighted by Crippen LogP contribution is -2.01. The first-order chi connectivity index (χ1) is 10.7. The van der Waals surface area contributed by atoms with E-state index in [1.807, 2.05) is 0 Å². The molecule has 7 heteroatoms. The van der Waals surface area contributed by atoms with Gasteiger partial charge in [-0.15, -0.1) is 0 Å². The normalized spacial score (nSPS) is 9.45. The van der Waals surface area contributed by atoms with Crippen molar-refractivity contribution in [1.82, 2.24) is 0 Å². The number of ketones is 1. The van der Waals surface area contributed by atoms with Crippen molar-refractivity contribution in [2.24, 2.45) is 10.2 Å². The van der Waals surface area contributed by atoms with Crippen molar-refractivity contribution in [1.29, 1.82) is 0 Å². The molecule has 108 valence electrons. The Balaban J connectivity index is 2.13. The van der Waals surface area contributed by atoms with E-state index in [1.54, 1.807) is 48.5 Å². The Bertz CT molecular complexity index is 688. The Morgan fingerprint density at radius 2 is 1.14 bits per heavy atom. The molecule has 7 nitrogen and oxygen atoms in total. The van der Waals surface area contributed by atoms with Crippen LogP contribution in [-0.4, -0.2) is 5.78 Å². The van der Waals surface area contributed by atoms with Gasteiger partial charge in [-0.2, -0.15) is 0 Å². The van der Waals surface area contributed by atoms with Crippen LogP contribution >= 0.6 is 0 Å². The Labute approximate surface area is 126 Å². The van der Waals surface area contributed by atoms with Crippen molar-refractivity contribution < 1.29 is 4.79 Å². The summed E-state index contributed by atoms with van der Waals surface area (Å²) >= 11 is 0. The third-order valence-corrected chi connectivity index (χ3v) is 3.07. The zero-order chi connectivity index (χ0) is 15.8. The van der Waals surface area contributed by atoms with Gasteiger partial charge in [-0.25, -0.2) is 0 Å². The van der Waals surface area contributed by atoms with Crippen molar-refractivity contribution in [2.75, 3.05) is 0 Å². The van der Waals surface area contributed by atoms with Gasteiger partial charge in [-0.3, -0.25) is 4.79 Å². The second kappa shape index (κ2) is 7.50. The van der Waals surface area contributed by atoms with E-state index in [9.17, 15) is 4.79 Å². The number of hydrogen-bond acceptors (Lipinski definition) is 3. The van der Waals surface area contributed by atoms with Crippen molar-refractivity contribution in [3.05, 3.63) is 91.7 Å². The van der Waals surface area contributed by atoms with Gasteiger partial charge < -0.3 is 0 Å². The molecule has 0 aliphatic carbocycles. The van der Waals surface area contributed by atoms with Gasteiger partial charge in [0, 0.05) is 21.0 Å². The van der Waals surface area contributed by atoms with E-state index in [0.29, 0.717) is 11.1 Å². The molecule has 0 unspecified atom stereocenters. The fraction of sp³-hybridized carbons (Fsp3) is 0.133. The van der Waals surface area contributed by atoms with Gasteiger partial charge in [-0.05, 0) is 22.2 Å². The molecule has 0 saturated carbocycles. The monoisotopic (exact) mass is 292 g/mol. The molecule has 0 aliphatic heterocycles. The predicted octanol–water partition coefficient (Wildman–Crippen LogP) is 4.54. The van der Waals surface area contributed by atoms with E-state index in [-0.39, 0.29) is 18.9 Å². The van der Waals surface area contributed by atoms with E-state index in [2.05, 4.69) is 20.1 Å². The zero-order valence-electron chi connectivity index (χ0n) is 11.6. The first-order valence-electron chi connectivity index (χ1n) is 6.49. The molecular weight excluding hydrogens is 280 g/mol. The molecule has 0 saturated heterocycles. The Morgan fingerprint density at radius 1 is 0.773 bits per heavy atom. The van der Waals surface area contributed by atoms with Crippen molar-refractivity contribution in [3.63, 3.8) is 0 Å². The summed E-state index contributed by atoms with van der Waals surface area (Å²) in [5, 5.41) is 6.94. The molecule has 2 aromatic rings. The molecule has 0 N–H and O–H groups in total. The minimum absolute atomic E-state index is 0.0920. The largest absolute Gasteiger partial charge is 0.289 e. The molecule has 2 rings (SSSR count). The smallest absolute Gasteiger partial charge is 0.193 e. The highest BCUT2D eigenvalue weighted by Gasteiger charge is 2.08. The average molecular weight is 292 g/mol. The number of hydrogen-bond donors (Lipinski definition) is 0. The highest BCUT2D eigenvalue weighted by molar-refractivity contribution is 6.08. The van der Waals surface area contributed by atoms with Crippen LogP contribution in [0.5, 0.6) is 0 Å². The molecule has 0 radical (unpaired) electrons. The minimum Gasteiger partial charge on any atom is -0.289 e. The summed E-state index contributed by atoms with van der Waals surface area (Å²) in [5.74, 6) is -0.0920. The number of benzene rings is 2. The van der Waals surface area contributed by atoms with Gasteiger partial charge in [0.25, 0.3) is 0 Å². The first kappa shape index (κ1) is 15.1. The maximum Gasteiger partial charge on any atom is 0.193 e. The van der Waals surface area contributed by atoms with Crippen LogP contribution < -0.4 is 0 Å². The van der Waals surface area contributed by atoms with E-state index in [1.165, 1.54) is 0 Å². The van der Waals surface area contributed by atoms with Crippen LogP contribution in [0.25, 0.3) is 20.9 Å². The molecule has 0 aliphatic rings. The molecule has 0 amide bonds. The Hall–Kier alpha value is -3.27. The van der Waals surface area contributed by atoms with Gasteiger partial charge in [0.05, 0.1) is 13.1 Å². The Kier molecular flexibility index (Phi) is 5.15. The maximum absolute atomic E-state index is 12.3. The molecule has 0 heterocycles. The number of azide groups is 2. The number of carbonyl (C=O) groups excluding carboxylic acids is 1. The molecule has 22 heavy (non-hydrogen) atoms. The summed E-state index contributed by atoms with van der Waals surface area (Å²) in [6.45, 7) is 0.526. The summed E-state index contributed by atoms with van der Waals surface area (Å²) in [5.41, 5.74) is 19.4. The molecule has 0 atom stereocenters. The van der Waals surface area contributed by atoms with Crippen LogP contribution in [0.2, 0.25) is 0 Å². The topological polar surface area (TPSA) is 115 Å². The lowest BCUT2D eigenvalue weighted by Gasteiger charge is -2.03. The standard InChI is InChI=1S/C15H12N6O/c16-20-18-9-11-1-5-13(6-2-11)15(22)14-7-3-12(4-8-14)10-19-21-17/h1-8H,9-10H2. The van der Waals surface area contributed by atoms with Crippen molar-refractivity contribution in [3.8, 4) is 0 Å². The first-order valence-corrected chi connectivity index (χ1v) is 6.49. The van der Waals surface area contributed by atoms with E-state index in [4.69, 9.17) is 11.1 Å². The van der Waals surface area contributed by atoms with Gasteiger partial charge in [-0.1, -0.05) is 58.8 Å². The minimum atomic E-state index is -0.0920. The maximum atomic E-state index is 12.3.